The van der Waals surface area contributed by atoms with E-state index in [1.54, 1.807) is 18.2 Å². The number of aromatic amines is 1. The maximum Gasteiger partial charge on any atom is 0.231 e. The summed E-state index contributed by atoms with van der Waals surface area (Å²) in [6.07, 6.45) is 5.09. The van der Waals surface area contributed by atoms with Crippen molar-refractivity contribution >= 4 is 57.7 Å². The third-order valence-corrected chi connectivity index (χ3v) is 9.69. The summed E-state index contributed by atoms with van der Waals surface area (Å²) in [6, 6.07) is 14.4. The fourth-order valence-electron chi connectivity index (χ4n) is 6.57. The van der Waals surface area contributed by atoms with Gasteiger partial charge in [-0.05, 0) is 55.2 Å². The number of piperidine rings is 1. The van der Waals surface area contributed by atoms with E-state index in [0.29, 0.717) is 23.4 Å². The number of aromatic nitrogens is 3. The second-order valence-electron chi connectivity index (χ2n) is 10.9. The first-order valence-electron chi connectivity index (χ1n) is 14.2. The van der Waals surface area contributed by atoms with Gasteiger partial charge in [-0.3, -0.25) is 9.21 Å². The van der Waals surface area contributed by atoms with Gasteiger partial charge < -0.3 is 20.5 Å². The Kier molecular flexibility index (Phi) is 5.96. The maximum atomic E-state index is 15.4. The minimum Gasteiger partial charge on any atom is -0.369 e. The molecule has 2 fully saturated rings. The van der Waals surface area contributed by atoms with Crippen LogP contribution in [0, 0.1) is 5.82 Å². The molecule has 4 aliphatic rings. The number of H-pyrrole nitrogens is 1. The van der Waals surface area contributed by atoms with Crippen LogP contribution < -0.4 is 24.1 Å². The van der Waals surface area contributed by atoms with Crippen molar-refractivity contribution in [3.63, 3.8) is 0 Å². The molecule has 4 aromatic rings. The normalized spacial score (nSPS) is 19.6. The van der Waals surface area contributed by atoms with Crippen LogP contribution in [0.3, 0.4) is 0 Å². The number of hydrogen-bond acceptors (Lipinski definition) is 9. The van der Waals surface area contributed by atoms with Crippen LogP contribution in [0.4, 0.5) is 38.9 Å². The Morgan fingerprint density at radius 2 is 1.82 bits per heavy atom. The van der Waals surface area contributed by atoms with Crippen LogP contribution in [0.5, 0.6) is 0 Å². The number of nitrogens with zero attached hydrogens (tertiary/aromatic N) is 6. The molecule has 9 nitrogen and oxygen atoms in total. The molecule has 2 aromatic heterocycles. The molecule has 3 N–H and O–H groups in total. The van der Waals surface area contributed by atoms with Crippen molar-refractivity contribution in [2.45, 2.75) is 25.3 Å². The lowest BCUT2D eigenvalue weighted by Gasteiger charge is -2.41. The average Bonchev–Trinajstić information content (AvgIpc) is 3.73. The summed E-state index contributed by atoms with van der Waals surface area (Å²) < 4.78 is 19.9. The van der Waals surface area contributed by atoms with Crippen LogP contribution in [0.1, 0.15) is 18.4 Å². The molecule has 0 unspecified atom stereocenters. The Balaban J connectivity index is 1.02. The van der Waals surface area contributed by atoms with Crippen molar-refractivity contribution in [1.29, 1.82) is 0 Å². The molecule has 2 saturated heterocycles. The molecule has 0 radical (unpaired) electrons. The standard InChI is InChI=1S/C29H32FN9S/c30-23-18-20(4-5-24(23)37-13-8-21(9-14-37)36-16-11-31-12-17-36)33-29-34-27-22(6-10-32-27)28(35-29)39-25-3-1-2-19-7-15-38(40-39)26(19)25/h1-6,10,18,21,31H,7-9,11-17H2,(H2,32,33,34,35). The smallest absolute Gasteiger partial charge is 0.231 e. The van der Waals surface area contributed by atoms with Crippen LogP contribution in [0.15, 0.2) is 48.7 Å². The molecule has 6 heterocycles. The summed E-state index contributed by atoms with van der Waals surface area (Å²) in [5.74, 6) is 1.02. The van der Waals surface area contributed by atoms with E-state index < -0.39 is 0 Å². The van der Waals surface area contributed by atoms with Gasteiger partial charge in [-0.25, -0.2) is 8.70 Å². The van der Waals surface area contributed by atoms with Crippen LogP contribution in [-0.4, -0.2) is 71.7 Å². The highest BCUT2D eigenvalue weighted by Crippen LogP contribution is 2.53. The Morgan fingerprint density at radius 1 is 0.950 bits per heavy atom. The summed E-state index contributed by atoms with van der Waals surface area (Å²) in [7, 11) is 0. The number of fused-ring (bicyclic) bond motifs is 1. The zero-order chi connectivity index (χ0) is 26.6. The molecule has 0 bridgehead atoms. The Hall–Kier alpha value is -3.54. The van der Waals surface area contributed by atoms with E-state index in [4.69, 9.17) is 9.97 Å². The number of anilines is 6. The van der Waals surface area contributed by atoms with Gasteiger partial charge in [-0.15, -0.1) is 0 Å². The lowest BCUT2D eigenvalue weighted by Crippen LogP contribution is -2.52. The third-order valence-electron chi connectivity index (χ3n) is 8.60. The minimum atomic E-state index is -0.221. The maximum absolute atomic E-state index is 15.4. The summed E-state index contributed by atoms with van der Waals surface area (Å²) in [5.41, 5.74) is 5.83. The lowest BCUT2D eigenvalue weighted by atomic mass is 10.0. The third kappa shape index (κ3) is 4.15. The fourth-order valence-corrected chi connectivity index (χ4v) is 7.68. The van der Waals surface area contributed by atoms with Crippen molar-refractivity contribution in [1.82, 2.24) is 25.2 Å². The zero-order valence-electron chi connectivity index (χ0n) is 22.2. The highest BCUT2D eigenvalue weighted by molar-refractivity contribution is 8.02. The second-order valence-corrected chi connectivity index (χ2v) is 11.9. The molecule has 2 aromatic carbocycles. The van der Waals surface area contributed by atoms with E-state index >= 15 is 4.39 Å². The number of piperazine rings is 1. The van der Waals surface area contributed by atoms with Crippen molar-refractivity contribution in [3.05, 3.63) is 60.0 Å². The largest absolute Gasteiger partial charge is 0.369 e. The molecule has 0 saturated carbocycles. The number of nitrogens with one attached hydrogen (secondary N) is 3. The summed E-state index contributed by atoms with van der Waals surface area (Å²) in [4.78, 5) is 17.6. The van der Waals surface area contributed by atoms with E-state index in [2.05, 4.69) is 52.2 Å². The topological polar surface area (TPSA) is 78.6 Å². The number of rotatable bonds is 5. The summed E-state index contributed by atoms with van der Waals surface area (Å²) >= 11 is 1.67. The second kappa shape index (κ2) is 9.83. The van der Waals surface area contributed by atoms with Crippen molar-refractivity contribution < 1.29 is 4.39 Å². The zero-order valence-corrected chi connectivity index (χ0v) is 23.1. The van der Waals surface area contributed by atoms with E-state index in [9.17, 15) is 0 Å². The van der Waals surface area contributed by atoms with E-state index in [-0.39, 0.29) is 5.82 Å². The van der Waals surface area contributed by atoms with Crippen LogP contribution in [0.25, 0.3) is 11.0 Å². The van der Waals surface area contributed by atoms with E-state index in [0.717, 1.165) is 87.6 Å². The van der Waals surface area contributed by atoms with Gasteiger partial charge in [0.2, 0.25) is 5.95 Å². The Morgan fingerprint density at radius 3 is 2.67 bits per heavy atom. The van der Waals surface area contributed by atoms with Gasteiger partial charge in [0.1, 0.15) is 11.5 Å². The molecule has 0 amide bonds. The first kappa shape index (κ1) is 24.3. The molecule has 40 heavy (non-hydrogen) atoms. The first-order valence-corrected chi connectivity index (χ1v) is 14.9. The quantitative estimate of drug-likeness (QED) is 0.300. The van der Waals surface area contributed by atoms with Gasteiger partial charge in [0.25, 0.3) is 0 Å². The van der Waals surface area contributed by atoms with Crippen LogP contribution >= 0.6 is 12.1 Å². The number of benzene rings is 2. The molecule has 0 spiro atoms. The first-order chi connectivity index (χ1) is 19.7. The average molecular weight is 558 g/mol. The Labute approximate surface area is 237 Å². The van der Waals surface area contributed by atoms with Gasteiger partial charge >= 0.3 is 0 Å². The van der Waals surface area contributed by atoms with Crippen molar-refractivity contribution in [3.8, 4) is 0 Å². The molecule has 8 rings (SSSR count). The van der Waals surface area contributed by atoms with E-state index in [1.807, 2.05) is 24.4 Å². The van der Waals surface area contributed by atoms with E-state index in [1.165, 1.54) is 11.3 Å². The monoisotopic (exact) mass is 557 g/mol. The fraction of sp³-hybridized carbons (Fsp3) is 0.379. The van der Waals surface area contributed by atoms with Gasteiger partial charge in [0.15, 0.2) is 5.82 Å². The van der Waals surface area contributed by atoms with Gasteiger partial charge in [0.05, 0.1) is 34.6 Å². The molecule has 0 atom stereocenters. The summed E-state index contributed by atoms with van der Waals surface area (Å²) in [6.45, 7) is 7.09. The Bertz CT molecular complexity index is 1560. The van der Waals surface area contributed by atoms with Gasteiger partial charge in [-0.2, -0.15) is 9.97 Å². The molecule has 0 aliphatic carbocycles. The lowest BCUT2D eigenvalue weighted by molar-refractivity contribution is 0.150. The molecular formula is C29H32FN9S. The number of hydrogen-bond donors (Lipinski definition) is 3. The van der Waals surface area contributed by atoms with Gasteiger partial charge in [-0.1, -0.05) is 12.1 Å². The minimum absolute atomic E-state index is 0.221. The molecule has 4 aliphatic heterocycles. The number of para-hydroxylation sites is 1. The van der Waals surface area contributed by atoms with Gasteiger partial charge in [0, 0.05) is 63.7 Å². The van der Waals surface area contributed by atoms with Crippen molar-refractivity contribution in [2.24, 2.45) is 0 Å². The molecule has 206 valence electrons. The number of halogens is 1. The molecular weight excluding hydrogens is 525 g/mol. The van der Waals surface area contributed by atoms with Crippen LogP contribution in [0.2, 0.25) is 0 Å². The highest BCUT2D eigenvalue weighted by Gasteiger charge is 2.36. The predicted octanol–water partition coefficient (Wildman–Crippen LogP) is 4.79. The highest BCUT2D eigenvalue weighted by atomic mass is 32.2. The molecule has 11 heteroatoms. The van der Waals surface area contributed by atoms with Crippen molar-refractivity contribution in [2.75, 3.05) is 64.6 Å². The predicted molar refractivity (Wildman–Crippen MR) is 160 cm³/mol. The SMILES string of the molecule is Fc1cc(Nc2nc(N3SN4CCc5cccc3c54)c3cc[nH]c3n2)ccc1N1CCC(N2CCNCC2)CC1. The summed E-state index contributed by atoms with van der Waals surface area (Å²) in [5, 5.41) is 7.64. The van der Waals surface area contributed by atoms with Crippen LogP contribution in [-0.2, 0) is 6.42 Å².